The summed E-state index contributed by atoms with van der Waals surface area (Å²) in [7, 11) is 0. The van der Waals surface area contributed by atoms with Crippen LogP contribution in [-0.2, 0) is 4.79 Å². The van der Waals surface area contributed by atoms with Crippen molar-refractivity contribution in [3.05, 3.63) is 22.7 Å². The van der Waals surface area contributed by atoms with E-state index in [4.69, 9.17) is 21.1 Å². The molecular formula is C15H16ClNO5. The van der Waals surface area contributed by atoms with E-state index in [1.54, 1.807) is 17.9 Å². The molecule has 1 amide bonds. The standard InChI is InChI=1S/C15H16ClNO5/c1-15(14(19)20)3-2-4-17(7-15)13(18)9-5-10(16)12-11(6-9)21-8-22-12/h5-6H,2-4,7-8H2,1H3,(H,19,20). The van der Waals surface area contributed by atoms with Gasteiger partial charge in [0.2, 0.25) is 6.79 Å². The summed E-state index contributed by atoms with van der Waals surface area (Å²) in [5.41, 5.74) is -0.530. The summed E-state index contributed by atoms with van der Waals surface area (Å²) in [6, 6.07) is 3.12. The summed E-state index contributed by atoms with van der Waals surface area (Å²) in [4.78, 5) is 25.6. The first kappa shape index (κ1) is 15.0. The molecule has 2 aliphatic rings. The van der Waals surface area contributed by atoms with Gasteiger partial charge in [0.15, 0.2) is 11.5 Å². The first-order valence-corrected chi connectivity index (χ1v) is 7.40. The van der Waals surface area contributed by atoms with E-state index < -0.39 is 11.4 Å². The number of aliphatic carboxylic acids is 1. The van der Waals surface area contributed by atoms with Crippen molar-refractivity contribution in [2.45, 2.75) is 19.8 Å². The quantitative estimate of drug-likeness (QED) is 0.903. The highest BCUT2D eigenvalue weighted by Crippen LogP contribution is 2.40. The fourth-order valence-corrected chi connectivity index (χ4v) is 3.13. The Hall–Kier alpha value is -1.95. The fourth-order valence-electron chi connectivity index (χ4n) is 2.86. The number of nitrogens with zero attached hydrogens (tertiary/aromatic N) is 1. The van der Waals surface area contributed by atoms with Crippen molar-refractivity contribution in [1.29, 1.82) is 0 Å². The Morgan fingerprint density at radius 2 is 2.14 bits per heavy atom. The van der Waals surface area contributed by atoms with E-state index in [2.05, 4.69) is 0 Å². The molecule has 3 rings (SSSR count). The molecule has 0 spiro atoms. The van der Waals surface area contributed by atoms with Gasteiger partial charge in [-0.25, -0.2) is 0 Å². The SMILES string of the molecule is CC1(C(=O)O)CCCN(C(=O)c2cc(Cl)c3c(c2)OCO3)C1. The van der Waals surface area contributed by atoms with E-state index in [1.165, 1.54) is 6.07 Å². The number of likely N-dealkylation sites (tertiary alicyclic amines) is 1. The predicted molar refractivity (Wildman–Crippen MR) is 78.5 cm³/mol. The number of rotatable bonds is 2. The average molecular weight is 326 g/mol. The van der Waals surface area contributed by atoms with Crippen LogP contribution in [0.15, 0.2) is 12.1 Å². The maximum Gasteiger partial charge on any atom is 0.311 e. The number of amides is 1. The van der Waals surface area contributed by atoms with Crippen molar-refractivity contribution >= 4 is 23.5 Å². The minimum absolute atomic E-state index is 0.0769. The summed E-state index contributed by atoms with van der Waals surface area (Å²) in [6.45, 7) is 2.47. The second-order valence-corrected chi connectivity index (χ2v) is 6.30. The molecule has 1 aromatic carbocycles. The Morgan fingerprint density at radius 1 is 1.36 bits per heavy atom. The van der Waals surface area contributed by atoms with E-state index in [-0.39, 0.29) is 19.2 Å². The van der Waals surface area contributed by atoms with Gasteiger partial charge < -0.3 is 19.5 Å². The first-order chi connectivity index (χ1) is 10.4. The van der Waals surface area contributed by atoms with Gasteiger partial charge in [0, 0.05) is 18.7 Å². The van der Waals surface area contributed by atoms with Gasteiger partial charge in [-0.3, -0.25) is 9.59 Å². The van der Waals surface area contributed by atoms with E-state index in [0.717, 1.165) is 0 Å². The van der Waals surface area contributed by atoms with Crippen LogP contribution in [-0.4, -0.2) is 41.8 Å². The smallest absolute Gasteiger partial charge is 0.311 e. The Kier molecular flexibility index (Phi) is 3.64. The van der Waals surface area contributed by atoms with Crippen molar-refractivity contribution < 1.29 is 24.2 Å². The van der Waals surface area contributed by atoms with Crippen LogP contribution in [0, 0.1) is 5.41 Å². The van der Waals surface area contributed by atoms with Gasteiger partial charge in [0.25, 0.3) is 5.91 Å². The second-order valence-electron chi connectivity index (χ2n) is 5.89. The molecule has 1 atom stereocenters. The number of carbonyl (C=O) groups is 2. The number of fused-ring (bicyclic) bond motifs is 1. The third-order valence-corrected chi connectivity index (χ3v) is 4.45. The van der Waals surface area contributed by atoms with Crippen molar-refractivity contribution in [1.82, 2.24) is 4.90 Å². The average Bonchev–Trinajstić information content (AvgIpc) is 2.95. The molecule has 22 heavy (non-hydrogen) atoms. The number of hydrogen-bond donors (Lipinski definition) is 1. The number of benzene rings is 1. The van der Waals surface area contributed by atoms with Gasteiger partial charge in [-0.2, -0.15) is 0 Å². The number of hydrogen-bond acceptors (Lipinski definition) is 4. The predicted octanol–water partition coefficient (Wildman–Crippen LogP) is 2.40. The number of carbonyl (C=O) groups excluding carboxylic acids is 1. The number of carboxylic acid groups (broad SMARTS) is 1. The molecular weight excluding hydrogens is 310 g/mol. The number of halogens is 1. The van der Waals surface area contributed by atoms with E-state index in [9.17, 15) is 14.7 Å². The molecule has 0 saturated carbocycles. The lowest BCUT2D eigenvalue weighted by Gasteiger charge is -2.37. The molecule has 6 nitrogen and oxygen atoms in total. The van der Waals surface area contributed by atoms with E-state index in [1.807, 2.05) is 0 Å². The van der Waals surface area contributed by atoms with Crippen molar-refractivity contribution in [2.24, 2.45) is 5.41 Å². The van der Waals surface area contributed by atoms with Crippen LogP contribution in [0.4, 0.5) is 0 Å². The Labute approximate surface area is 132 Å². The van der Waals surface area contributed by atoms with Gasteiger partial charge in [0.1, 0.15) is 0 Å². The van der Waals surface area contributed by atoms with Gasteiger partial charge in [0.05, 0.1) is 10.4 Å². The minimum Gasteiger partial charge on any atom is -0.481 e. The highest BCUT2D eigenvalue weighted by Gasteiger charge is 2.39. The molecule has 1 N–H and O–H groups in total. The van der Waals surface area contributed by atoms with Gasteiger partial charge in [-0.1, -0.05) is 11.6 Å². The molecule has 1 saturated heterocycles. The zero-order valence-electron chi connectivity index (χ0n) is 12.1. The highest BCUT2D eigenvalue weighted by molar-refractivity contribution is 6.32. The molecule has 1 fully saturated rings. The molecule has 2 aliphatic heterocycles. The van der Waals surface area contributed by atoms with Crippen LogP contribution in [0.3, 0.4) is 0 Å². The fraction of sp³-hybridized carbons (Fsp3) is 0.467. The lowest BCUT2D eigenvalue weighted by molar-refractivity contribution is -0.150. The minimum atomic E-state index is -0.909. The molecule has 0 aliphatic carbocycles. The van der Waals surface area contributed by atoms with Gasteiger partial charge in [-0.15, -0.1) is 0 Å². The normalized spacial score (nSPS) is 23.5. The number of ether oxygens (including phenoxy) is 2. The zero-order valence-corrected chi connectivity index (χ0v) is 12.9. The molecule has 7 heteroatoms. The largest absolute Gasteiger partial charge is 0.481 e. The zero-order chi connectivity index (χ0) is 15.9. The van der Waals surface area contributed by atoms with Gasteiger partial charge >= 0.3 is 5.97 Å². The molecule has 1 unspecified atom stereocenters. The van der Waals surface area contributed by atoms with Crippen LogP contribution < -0.4 is 9.47 Å². The topological polar surface area (TPSA) is 76.1 Å². The first-order valence-electron chi connectivity index (χ1n) is 7.02. The summed E-state index contributed by atoms with van der Waals surface area (Å²) < 4.78 is 10.5. The number of carboxylic acids is 1. The summed E-state index contributed by atoms with van der Waals surface area (Å²) in [5.74, 6) is -0.248. The molecule has 118 valence electrons. The summed E-state index contributed by atoms with van der Waals surface area (Å²) in [6.07, 6.45) is 1.22. The summed E-state index contributed by atoms with van der Waals surface area (Å²) in [5, 5.41) is 9.66. The lowest BCUT2D eigenvalue weighted by Crippen LogP contribution is -2.48. The molecule has 0 radical (unpaired) electrons. The van der Waals surface area contributed by atoms with Crippen LogP contribution in [0.1, 0.15) is 30.1 Å². The molecule has 0 aromatic heterocycles. The monoisotopic (exact) mass is 325 g/mol. The molecule has 2 heterocycles. The van der Waals surface area contributed by atoms with E-state index in [0.29, 0.717) is 41.5 Å². The van der Waals surface area contributed by atoms with Crippen LogP contribution in [0.2, 0.25) is 5.02 Å². The maximum absolute atomic E-state index is 12.6. The Bertz CT molecular complexity index is 647. The van der Waals surface area contributed by atoms with Crippen molar-refractivity contribution in [3.8, 4) is 11.5 Å². The van der Waals surface area contributed by atoms with Crippen LogP contribution in [0.25, 0.3) is 0 Å². The van der Waals surface area contributed by atoms with Crippen LogP contribution in [0.5, 0.6) is 11.5 Å². The van der Waals surface area contributed by atoms with Crippen molar-refractivity contribution in [3.63, 3.8) is 0 Å². The van der Waals surface area contributed by atoms with Gasteiger partial charge in [-0.05, 0) is 31.9 Å². The third-order valence-electron chi connectivity index (χ3n) is 4.17. The summed E-state index contributed by atoms with van der Waals surface area (Å²) >= 11 is 6.09. The van der Waals surface area contributed by atoms with Crippen molar-refractivity contribution in [2.75, 3.05) is 19.9 Å². The second kappa shape index (κ2) is 5.35. The van der Waals surface area contributed by atoms with E-state index >= 15 is 0 Å². The Balaban J connectivity index is 1.85. The molecule has 0 bridgehead atoms. The third kappa shape index (κ3) is 2.47. The Morgan fingerprint density at radius 3 is 2.86 bits per heavy atom. The number of piperidine rings is 1. The molecule has 1 aromatic rings. The van der Waals surface area contributed by atoms with Crippen LogP contribution >= 0.6 is 11.6 Å². The highest BCUT2D eigenvalue weighted by atomic mass is 35.5. The lowest BCUT2D eigenvalue weighted by atomic mass is 9.82. The maximum atomic E-state index is 12.6.